The van der Waals surface area contributed by atoms with Gasteiger partial charge in [0.05, 0.1) is 5.69 Å². The van der Waals surface area contributed by atoms with Gasteiger partial charge in [-0.2, -0.15) is 0 Å². The SMILES string of the molecule is CC(C)c1nc(CN2CCCC[C@@H]2CCc2ccccn2)co1. The molecule has 0 radical (unpaired) electrons. The average molecular weight is 313 g/mol. The number of likely N-dealkylation sites (tertiary alicyclic amines) is 1. The molecule has 0 aliphatic carbocycles. The third kappa shape index (κ3) is 4.41. The van der Waals surface area contributed by atoms with Gasteiger partial charge in [0.25, 0.3) is 0 Å². The van der Waals surface area contributed by atoms with Crippen molar-refractivity contribution in [3.8, 4) is 0 Å². The van der Waals surface area contributed by atoms with Crippen molar-refractivity contribution in [3.63, 3.8) is 0 Å². The highest BCUT2D eigenvalue weighted by molar-refractivity contribution is 5.04. The molecule has 124 valence electrons. The van der Waals surface area contributed by atoms with Gasteiger partial charge in [0, 0.05) is 30.4 Å². The predicted octanol–water partition coefficient (Wildman–Crippen LogP) is 4.18. The lowest BCUT2D eigenvalue weighted by Crippen LogP contribution is -2.39. The summed E-state index contributed by atoms with van der Waals surface area (Å²) in [5.41, 5.74) is 2.26. The van der Waals surface area contributed by atoms with Crippen molar-refractivity contribution < 1.29 is 4.42 Å². The molecule has 0 amide bonds. The molecule has 0 aromatic carbocycles. The molecule has 1 aliphatic rings. The Morgan fingerprint density at radius 1 is 1.26 bits per heavy atom. The van der Waals surface area contributed by atoms with Crippen molar-refractivity contribution in [2.75, 3.05) is 6.54 Å². The Morgan fingerprint density at radius 3 is 2.91 bits per heavy atom. The molecule has 3 rings (SSSR count). The molecule has 4 heteroatoms. The van der Waals surface area contributed by atoms with E-state index in [-0.39, 0.29) is 0 Å². The van der Waals surface area contributed by atoms with Crippen molar-refractivity contribution in [2.24, 2.45) is 0 Å². The molecular weight excluding hydrogens is 286 g/mol. The molecule has 23 heavy (non-hydrogen) atoms. The first-order valence-electron chi connectivity index (χ1n) is 8.80. The third-order valence-electron chi connectivity index (χ3n) is 4.64. The van der Waals surface area contributed by atoms with Gasteiger partial charge in [-0.3, -0.25) is 9.88 Å². The summed E-state index contributed by atoms with van der Waals surface area (Å²) in [5.74, 6) is 1.20. The minimum absolute atomic E-state index is 0.352. The van der Waals surface area contributed by atoms with Crippen LogP contribution in [-0.4, -0.2) is 27.5 Å². The largest absolute Gasteiger partial charge is 0.448 e. The van der Waals surface area contributed by atoms with Crippen LogP contribution in [0.1, 0.15) is 62.7 Å². The van der Waals surface area contributed by atoms with Crippen molar-refractivity contribution in [1.82, 2.24) is 14.9 Å². The van der Waals surface area contributed by atoms with E-state index in [2.05, 4.69) is 40.8 Å². The van der Waals surface area contributed by atoms with E-state index in [0.29, 0.717) is 12.0 Å². The van der Waals surface area contributed by atoms with Gasteiger partial charge in [-0.05, 0) is 44.4 Å². The molecule has 2 aromatic rings. The molecule has 4 nitrogen and oxygen atoms in total. The maximum Gasteiger partial charge on any atom is 0.196 e. The summed E-state index contributed by atoms with van der Waals surface area (Å²) in [6.45, 7) is 6.30. The summed E-state index contributed by atoms with van der Waals surface area (Å²) >= 11 is 0. The summed E-state index contributed by atoms with van der Waals surface area (Å²) in [4.78, 5) is 11.7. The Bertz CT molecular complexity index is 594. The van der Waals surface area contributed by atoms with Crippen LogP contribution in [0, 0.1) is 0 Å². The Balaban J connectivity index is 1.59. The second-order valence-corrected chi connectivity index (χ2v) is 6.81. The third-order valence-corrected chi connectivity index (χ3v) is 4.64. The van der Waals surface area contributed by atoms with E-state index in [9.17, 15) is 0 Å². The number of oxazole rings is 1. The molecule has 0 unspecified atom stereocenters. The van der Waals surface area contributed by atoms with E-state index >= 15 is 0 Å². The van der Waals surface area contributed by atoms with E-state index < -0.39 is 0 Å². The molecule has 0 spiro atoms. The van der Waals surface area contributed by atoms with Crippen LogP contribution in [0.5, 0.6) is 0 Å². The zero-order valence-corrected chi connectivity index (χ0v) is 14.2. The molecule has 1 fully saturated rings. The number of aromatic nitrogens is 2. The van der Waals surface area contributed by atoms with E-state index in [1.54, 1.807) is 0 Å². The summed E-state index contributed by atoms with van der Waals surface area (Å²) in [6, 6.07) is 6.81. The number of nitrogens with zero attached hydrogens (tertiary/aromatic N) is 3. The highest BCUT2D eigenvalue weighted by Gasteiger charge is 2.23. The highest BCUT2D eigenvalue weighted by Crippen LogP contribution is 2.23. The van der Waals surface area contributed by atoms with Gasteiger partial charge in [-0.15, -0.1) is 0 Å². The number of aryl methyl sites for hydroxylation is 1. The van der Waals surface area contributed by atoms with E-state index in [0.717, 1.165) is 31.1 Å². The van der Waals surface area contributed by atoms with Crippen LogP contribution in [0.4, 0.5) is 0 Å². The number of pyridine rings is 1. The Morgan fingerprint density at radius 2 is 2.17 bits per heavy atom. The first kappa shape index (κ1) is 16.2. The minimum Gasteiger partial charge on any atom is -0.448 e. The number of hydrogen-bond acceptors (Lipinski definition) is 4. The Kier molecular flexibility index (Phi) is 5.44. The van der Waals surface area contributed by atoms with Gasteiger partial charge >= 0.3 is 0 Å². The summed E-state index contributed by atoms with van der Waals surface area (Å²) in [7, 11) is 0. The maximum absolute atomic E-state index is 5.58. The molecule has 0 N–H and O–H groups in total. The Labute approximate surface area is 138 Å². The smallest absolute Gasteiger partial charge is 0.196 e. The zero-order chi connectivity index (χ0) is 16.1. The first-order chi connectivity index (χ1) is 11.2. The number of rotatable bonds is 6. The number of piperidine rings is 1. The van der Waals surface area contributed by atoms with Crippen LogP contribution < -0.4 is 0 Å². The van der Waals surface area contributed by atoms with Gasteiger partial charge in [-0.25, -0.2) is 4.98 Å². The quantitative estimate of drug-likeness (QED) is 0.802. The Hall–Kier alpha value is -1.68. The van der Waals surface area contributed by atoms with Crippen LogP contribution in [0.25, 0.3) is 0 Å². The fraction of sp³-hybridized carbons (Fsp3) is 0.579. The second-order valence-electron chi connectivity index (χ2n) is 6.81. The normalized spacial score (nSPS) is 19.3. The molecule has 0 saturated carbocycles. The van der Waals surface area contributed by atoms with Crippen LogP contribution in [-0.2, 0) is 13.0 Å². The fourth-order valence-electron chi connectivity index (χ4n) is 3.32. The minimum atomic E-state index is 0.352. The monoisotopic (exact) mass is 313 g/mol. The average Bonchev–Trinajstić information content (AvgIpc) is 3.04. The standard InChI is InChI=1S/C19H27N3O/c1-15(2)19-21-17(14-23-19)13-22-12-6-4-8-18(22)10-9-16-7-3-5-11-20-16/h3,5,7,11,14-15,18H,4,6,8-10,12-13H2,1-2H3/t18-/m1/s1. The van der Waals surface area contributed by atoms with Gasteiger partial charge in [0.15, 0.2) is 5.89 Å². The lowest BCUT2D eigenvalue weighted by Gasteiger charge is -2.35. The van der Waals surface area contributed by atoms with Crippen molar-refractivity contribution in [1.29, 1.82) is 0 Å². The van der Waals surface area contributed by atoms with Gasteiger partial charge in [0.1, 0.15) is 6.26 Å². The van der Waals surface area contributed by atoms with Crippen LogP contribution >= 0.6 is 0 Å². The topological polar surface area (TPSA) is 42.2 Å². The molecule has 3 heterocycles. The maximum atomic E-state index is 5.58. The first-order valence-corrected chi connectivity index (χ1v) is 8.80. The molecule has 1 saturated heterocycles. The van der Waals surface area contributed by atoms with Crippen LogP contribution in [0.3, 0.4) is 0 Å². The van der Waals surface area contributed by atoms with E-state index in [4.69, 9.17) is 4.42 Å². The second kappa shape index (κ2) is 7.73. The van der Waals surface area contributed by atoms with E-state index in [1.165, 1.54) is 31.4 Å². The van der Waals surface area contributed by atoms with E-state index in [1.807, 2.05) is 18.5 Å². The van der Waals surface area contributed by atoms with Crippen molar-refractivity contribution >= 4 is 0 Å². The van der Waals surface area contributed by atoms with Crippen molar-refractivity contribution in [3.05, 3.63) is 47.9 Å². The molecule has 2 aromatic heterocycles. The summed E-state index contributed by atoms with van der Waals surface area (Å²) < 4.78 is 5.58. The molecule has 1 atom stereocenters. The lowest BCUT2D eigenvalue weighted by molar-refractivity contribution is 0.130. The van der Waals surface area contributed by atoms with Gasteiger partial charge < -0.3 is 4.42 Å². The highest BCUT2D eigenvalue weighted by atomic mass is 16.3. The van der Waals surface area contributed by atoms with Crippen LogP contribution in [0.2, 0.25) is 0 Å². The summed E-state index contributed by atoms with van der Waals surface area (Å²) in [6.07, 6.45) is 9.84. The van der Waals surface area contributed by atoms with Gasteiger partial charge in [-0.1, -0.05) is 26.3 Å². The predicted molar refractivity (Wildman–Crippen MR) is 91.2 cm³/mol. The molecular formula is C19H27N3O. The van der Waals surface area contributed by atoms with Crippen molar-refractivity contribution in [2.45, 2.75) is 64.5 Å². The lowest BCUT2D eigenvalue weighted by atomic mass is 9.97. The van der Waals surface area contributed by atoms with Crippen LogP contribution in [0.15, 0.2) is 35.1 Å². The zero-order valence-electron chi connectivity index (χ0n) is 14.2. The fourth-order valence-corrected chi connectivity index (χ4v) is 3.32. The number of hydrogen-bond donors (Lipinski definition) is 0. The molecule has 0 bridgehead atoms. The molecule has 1 aliphatic heterocycles. The summed E-state index contributed by atoms with van der Waals surface area (Å²) in [5, 5.41) is 0. The van der Waals surface area contributed by atoms with Gasteiger partial charge in [0.2, 0.25) is 0 Å².